The first-order valence-electron chi connectivity index (χ1n) is 9.30. The van der Waals surface area contributed by atoms with E-state index in [1.807, 2.05) is 36.5 Å². The van der Waals surface area contributed by atoms with Crippen LogP contribution in [-0.2, 0) is 26.5 Å². The zero-order chi connectivity index (χ0) is 19.6. The summed E-state index contributed by atoms with van der Waals surface area (Å²) in [6.07, 6.45) is 0. The fourth-order valence-electron chi connectivity index (χ4n) is 5.08. The molecule has 2 aromatic carbocycles. The summed E-state index contributed by atoms with van der Waals surface area (Å²) in [6.45, 7) is 1.96. The number of imide groups is 1. The van der Waals surface area contributed by atoms with Crippen molar-refractivity contribution in [1.82, 2.24) is 4.90 Å². The molecule has 0 aliphatic carbocycles. The first-order valence-corrected chi connectivity index (χ1v) is 9.30. The summed E-state index contributed by atoms with van der Waals surface area (Å²) in [5, 5.41) is 4.75. The maximum atomic E-state index is 13.4. The number of quaternary nitrogens is 1. The lowest BCUT2D eigenvalue weighted by Gasteiger charge is -2.25. The molecule has 2 fully saturated rings. The number of likely N-dealkylation sites (tertiary alicyclic amines) is 1. The number of carbonyl (C=O) groups is 3. The monoisotopic (exact) mass is 380 g/mol. The van der Waals surface area contributed by atoms with Gasteiger partial charge in [-0.2, -0.15) is 0 Å². The molecule has 0 saturated carbocycles. The number of carbonyl (C=O) groups excluding carboxylic acids is 3. The highest BCUT2D eigenvalue weighted by atomic mass is 19.1. The second-order valence-corrected chi connectivity index (χ2v) is 7.79. The standard InChI is InChI=1S/C21H18FN3O3/c1-11-16-17(21(24-11)14-4-2-3-5-15(14)23-20(21)28)19(27)25(18(16)26)10-12-6-8-13(22)9-7-12/h2-9,11,16-17,24H,10H2,1H3,(H,23,28)/p+1/t11-,16-,17-,21+/m1/s1. The molecular formula is C21H19FN3O3+. The quantitative estimate of drug-likeness (QED) is 0.754. The third kappa shape index (κ3) is 2.08. The number of nitrogens with zero attached hydrogens (tertiary/aromatic N) is 1. The van der Waals surface area contributed by atoms with Crippen LogP contribution in [0.1, 0.15) is 18.1 Å². The van der Waals surface area contributed by atoms with Crippen LogP contribution in [-0.4, -0.2) is 28.7 Å². The molecule has 5 rings (SSSR count). The summed E-state index contributed by atoms with van der Waals surface area (Å²) in [6, 6.07) is 12.8. The van der Waals surface area contributed by atoms with Gasteiger partial charge in [0.25, 0.3) is 5.91 Å². The third-order valence-electron chi connectivity index (χ3n) is 6.28. The van der Waals surface area contributed by atoms with Crippen LogP contribution in [0.2, 0.25) is 0 Å². The summed E-state index contributed by atoms with van der Waals surface area (Å²) in [4.78, 5) is 40.7. The van der Waals surface area contributed by atoms with Crippen LogP contribution in [0.25, 0.3) is 0 Å². The lowest BCUT2D eigenvalue weighted by Crippen LogP contribution is -2.98. The molecule has 142 valence electrons. The van der Waals surface area contributed by atoms with Gasteiger partial charge < -0.3 is 10.6 Å². The van der Waals surface area contributed by atoms with Crippen molar-refractivity contribution in [1.29, 1.82) is 0 Å². The number of halogens is 1. The van der Waals surface area contributed by atoms with Crippen molar-refractivity contribution in [3.63, 3.8) is 0 Å². The topological polar surface area (TPSA) is 83.1 Å². The average molecular weight is 380 g/mol. The van der Waals surface area contributed by atoms with Crippen LogP contribution in [0.3, 0.4) is 0 Å². The minimum Gasteiger partial charge on any atom is -0.326 e. The number of hydrogen-bond acceptors (Lipinski definition) is 3. The van der Waals surface area contributed by atoms with E-state index in [0.717, 1.165) is 5.56 Å². The maximum Gasteiger partial charge on any atom is 0.291 e. The molecule has 0 bridgehead atoms. The van der Waals surface area contributed by atoms with Crippen LogP contribution in [0.5, 0.6) is 0 Å². The molecule has 7 heteroatoms. The van der Waals surface area contributed by atoms with Crippen LogP contribution in [0, 0.1) is 17.7 Å². The molecule has 3 aliphatic rings. The zero-order valence-electron chi connectivity index (χ0n) is 15.2. The fourth-order valence-corrected chi connectivity index (χ4v) is 5.08. The van der Waals surface area contributed by atoms with Gasteiger partial charge in [-0.15, -0.1) is 0 Å². The van der Waals surface area contributed by atoms with E-state index in [9.17, 15) is 18.8 Å². The number of hydrogen-bond donors (Lipinski definition) is 2. The van der Waals surface area contributed by atoms with Gasteiger partial charge in [-0.3, -0.25) is 19.3 Å². The van der Waals surface area contributed by atoms with E-state index in [-0.39, 0.29) is 36.1 Å². The molecule has 1 spiro atoms. The Bertz CT molecular complexity index is 1020. The van der Waals surface area contributed by atoms with Crippen molar-refractivity contribution in [2.24, 2.45) is 11.8 Å². The summed E-state index contributed by atoms with van der Waals surface area (Å²) < 4.78 is 13.2. The van der Waals surface area contributed by atoms with Crippen LogP contribution < -0.4 is 10.6 Å². The molecule has 3 amide bonds. The fraction of sp³-hybridized carbons (Fsp3) is 0.286. The average Bonchev–Trinajstić information content (AvgIpc) is 3.23. The Morgan fingerprint density at radius 2 is 1.79 bits per heavy atom. The van der Waals surface area contributed by atoms with Gasteiger partial charge in [0, 0.05) is 5.56 Å². The Labute approximate surface area is 160 Å². The highest BCUT2D eigenvalue weighted by Crippen LogP contribution is 2.48. The van der Waals surface area contributed by atoms with Crippen LogP contribution in [0.15, 0.2) is 48.5 Å². The van der Waals surface area contributed by atoms with Gasteiger partial charge in [-0.05, 0) is 30.7 Å². The number of benzene rings is 2. The SMILES string of the molecule is C[C@H]1[NH2+][C@]2(C(=O)Nc3ccccc32)[C@H]2C(=O)N(Cc3ccc(F)cc3)C(=O)[C@H]12. The molecular weight excluding hydrogens is 361 g/mol. The number of fused-ring (bicyclic) bond motifs is 4. The Kier molecular flexibility index (Phi) is 3.49. The first kappa shape index (κ1) is 17.1. The predicted octanol–water partition coefficient (Wildman–Crippen LogP) is 0.740. The molecule has 0 unspecified atom stereocenters. The molecule has 0 aromatic heterocycles. The molecule has 2 aromatic rings. The molecule has 28 heavy (non-hydrogen) atoms. The minimum absolute atomic E-state index is 0.0804. The Hall–Kier alpha value is -3.06. The number of nitrogens with one attached hydrogen (secondary N) is 1. The van der Waals surface area contributed by atoms with E-state index < -0.39 is 17.4 Å². The number of nitrogens with two attached hydrogens (primary N) is 1. The van der Waals surface area contributed by atoms with Crippen LogP contribution >= 0.6 is 0 Å². The van der Waals surface area contributed by atoms with Gasteiger partial charge in [-0.1, -0.05) is 30.3 Å². The van der Waals surface area contributed by atoms with Crippen molar-refractivity contribution in [2.75, 3.05) is 5.32 Å². The maximum absolute atomic E-state index is 13.4. The van der Waals surface area contributed by atoms with Crippen molar-refractivity contribution in [2.45, 2.75) is 25.0 Å². The molecule has 2 saturated heterocycles. The molecule has 3 N–H and O–H groups in total. The second kappa shape index (κ2) is 5.72. The van der Waals surface area contributed by atoms with E-state index in [1.165, 1.54) is 17.0 Å². The van der Waals surface area contributed by atoms with Crippen molar-refractivity contribution >= 4 is 23.4 Å². The van der Waals surface area contributed by atoms with Gasteiger partial charge in [0.2, 0.25) is 17.4 Å². The number of rotatable bonds is 2. The first-order chi connectivity index (χ1) is 13.4. The Morgan fingerprint density at radius 3 is 2.54 bits per heavy atom. The summed E-state index contributed by atoms with van der Waals surface area (Å²) >= 11 is 0. The van der Waals surface area contributed by atoms with Gasteiger partial charge in [0.1, 0.15) is 17.7 Å². The lowest BCUT2D eigenvalue weighted by atomic mass is 9.76. The van der Waals surface area contributed by atoms with Gasteiger partial charge >= 0.3 is 0 Å². The third-order valence-corrected chi connectivity index (χ3v) is 6.28. The Balaban J connectivity index is 1.56. The molecule has 0 radical (unpaired) electrons. The highest BCUT2D eigenvalue weighted by molar-refractivity contribution is 6.13. The Morgan fingerprint density at radius 1 is 1.07 bits per heavy atom. The minimum atomic E-state index is -1.12. The normalized spacial score (nSPS) is 30.7. The van der Waals surface area contributed by atoms with Crippen molar-refractivity contribution in [3.8, 4) is 0 Å². The van der Waals surface area contributed by atoms with E-state index >= 15 is 0 Å². The molecule has 3 aliphatic heterocycles. The predicted molar refractivity (Wildman–Crippen MR) is 97.1 cm³/mol. The van der Waals surface area contributed by atoms with Crippen LogP contribution in [0.4, 0.5) is 10.1 Å². The smallest absolute Gasteiger partial charge is 0.291 e. The number of anilines is 1. The van der Waals surface area contributed by atoms with E-state index in [4.69, 9.17) is 0 Å². The number of para-hydroxylation sites is 1. The van der Waals surface area contributed by atoms with E-state index in [2.05, 4.69) is 5.32 Å². The van der Waals surface area contributed by atoms with E-state index in [1.54, 1.807) is 12.1 Å². The molecule has 4 atom stereocenters. The highest BCUT2D eigenvalue weighted by Gasteiger charge is 2.73. The van der Waals surface area contributed by atoms with Crippen molar-refractivity contribution < 1.29 is 24.1 Å². The zero-order valence-corrected chi connectivity index (χ0v) is 15.2. The van der Waals surface area contributed by atoms with Gasteiger partial charge in [0.15, 0.2) is 0 Å². The summed E-state index contributed by atoms with van der Waals surface area (Å²) in [5.41, 5.74) is 0.994. The largest absolute Gasteiger partial charge is 0.326 e. The van der Waals surface area contributed by atoms with Gasteiger partial charge in [-0.25, -0.2) is 4.39 Å². The summed E-state index contributed by atoms with van der Waals surface area (Å²) in [5.74, 6) is -2.55. The molecule has 3 heterocycles. The summed E-state index contributed by atoms with van der Waals surface area (Å²) in [7, 11) is 0. The number of amides is 3. The van der Waals surface area contributed by atoms with E-state index in [0.29, 0.717) is 11.3 Å². The molecule has 6 nitrogen and oxygen atoms in total. The van der Waals surface area contributed by atoms with Gasteiger partial charge in [0.05, 0.1) is 18.3 Å². The second-order valence-electron chi connectivity index (χ2n) is 7.79. The lowest BCUT2D eigenvalue weighted by molar-refractivity contribution is -0.730. The van der Waals surface area contributed by atoms with Crippen molar-refractivity contribution in [3.05, 3.63) is 65.5 Å².